The summed E-state index contributed by atoms with van der Waals surface area (Å²) in [5.41, 5.74) is 0.598. The SMILES string of the molecule is CCN(c1ccc(O)cc1)S(=O)(=O)c1ccc(C#N)nc1. The van der Waals surface area contributed by atoms with Gasteiger partial charge in [0.05, 0.1) is 5.69 Å². The van der Waals surface area contributed by atoms with Gasteiger partial charge < -0.3 is 5.11 Å². The normalized spacial score (nSPS) is 10.9. The lowest BCUT2D eigenvalue weighted by Crippen LogP contribution is -2.30. The molecule has 7 heteroatoms. The molecule has 1 aromatic heterocycles. The van der Waals surface area contributed by atoms with E-state index in [9.17, 15) is 13.5 Å². The molecule has 108 valence electrons. The summed E-state index contributed by atoms with van der Waals surface area (Å²) in [5.74, 6) is 0.0623. The summed E-state index contributed by atoms with van der Waals surface area (Å²) in [6, 6.07) is 10.4. The fourth-order valence-electron chi connectivity index (χ4n) is 1.84. The lowest BCUT2D eigenvalue weighted by molar-refractivity contribution is 0.475. The largest absolute Gasteiger partial charge is 0.508 e. The second-order valence-electron chi connectivity index (χ2n) is 4.18. The first-order valence-corrected chi connectivity index (χ1v) is 7.61. The quantitative estimate of drug-likeness (QED) is 0.930. The molecule has 2 rings (SSSR count). The van der Waals surface area contributed by atoms with Crippen LogP contribution in [0, 0.1) is 11.3 Å². The van der Waals surface area contributed by atoms with Crippen molar-refractivity contribution in [1.29, 1.82) is 5.26 Å². The van der Waals surface area contributed by atoms with E-state index < -0.39 is 10.0 Å². The maximum atomic E-state index is 12.6. The summed E-state index contributed by atoms with van der Waals surface area (Å²) in [6.45, 7) is 1.94. The highest BCUT2D eigenvalue weighted by Gasteiger charge is 2.23. The van der Waals surface area contributed by atoms with Crippen LogP contribution >= 0.6 is 0 Å². The lowest BCUT2D eigenvalue weighted by atomic mass is 10.3. The minimum Gasteiger partial charge on any atom is -0.508 e. The fourth-order valence-corrected chi connectivity index (χ4v) is 3.26. The van der Waals surface area contributed by atoms with Crippen LogP contribution in [-0.4, -0.2) is 25.1 Å². The molecule has 0 saturated heterocycles. The van der Waals surface area contributed by atoms with Crippen LogP contribution in [0.25, 0.3) is 0 Å². The van der Waals surface area contributed by atoms with Crippen molar-refractivity contribution in [2.75, 3.05) is 10.8 Å². The standard InChI is InChI=1S/C14H13N3O3S/c1-2-17(12-4-6-13(18)7-5-12)21(19,20)14-8-3-11(9-15)16-10-14/h3-8,10,18H,2H2,1H3. The Morgan fingerprint density at radius 1 is 1.24 bits per heavy atom. The van der Waals surface area contributed by atoms with Crippen molar-refractivity contribution in [2.45, 2.75) is 11.8 Å². The molecular formula is C14H13N3O3S. The second-order valence-corrected chi connectivity index (χ2v) is 6.04. The molecule has 1 aromatic carbocycles. The highest BCUT2D eigenvalue weighted by Crippen LogP contribution is 2.24. The summed E-state index contributed by atoms with van der Waals surface area (Å²) >= 11 is 0. The Labute approximate surface area is 123 Å². The second kappa shape index (κ2) is 5.81. The third-order valence-electron chi connectivity index (χ3n) is 2.86. The molecule has 0 aliphatic rings. The minimum atomic E-state index is -3.76. The van der Waals surface area contributed by atoms with E-state index in [2.05, 4.69) is 4.98 Å². The van der Waals surface area contributed by atoms with E-state index in [4.69, 9.17) is 5.26 Å². The van der Waals surface area contributed by atoms with Crippen LogP contribution in [0.3, 0.4) is 0 Å². The van der Waals surface area contributed by atoms with Gasteiger partial charge in [0.15, 0.2) is 0 Å². The zero-order chi connectivity index (χ0) is 15.5. The fraction of sp³-hybridized carbons (Fsp3) is 0.143. The predicted octanol–water partition coefficient (Wildman–Crippen LogP) is 1.87. The average Bonchev–Trinajstić information content (AvgIpc) is 2.50. The number of anilines is 1. The Hall–Kier alpha value is -2.59. The Bertz CT molecular complexity index is 763. The first-order chi connectivity index (χ1) is 9.98. The predicted molar refractivity (Wildman–Crippen MR) is 77.3 cm³/mol. The average molecular weight is 303 g/mol. The smallest absolute Gasteiger partial charge is 0.265 e. The molecule has 0 spiro atoms. The Balaban J connectivity index is 2.44. The molecule has 0 aliphatic carbocycles. The van der Waals surface area contributed by atoms with Gasteiger partial charge in [0.25, 0.3) is 10.0 Å². The Morgan fingerprint density at radius 2 is 1.90 bits per heavy atom. The van der Waals surface area contributed by atoms with E-state index >= 15 is 0 Å². The van der Waals surface area contributed by atoms with Crippen molar-refractivity contribution < 1.29 is 13.5 Å². The number of nitriles is 1. The molecule has 0 fully saturated rings. The van der Waals surface area contributed by atoms with Gasteiger partial charge in [-0.1, -0.05) is 0 Å². The van der Waals surface area contributed by atoms with E-state index in [0.29, 0.717) is 5.69 Å². The number of benzene rings is 1. The number of aromatic nitrogens is 1. The highest BCUT2D eigenvalue weighted by molar-refractivity contribution is 7.92. The van der Waals surface area contributed by atoms with Gasteiger partial charge in [0, 0.05) is 12.7 Å². The lowest BCUT2D eigenvalue weighted by Gasteiger charge is -2.22. The van der Waals surface area contributed by atoms with E-state index in [1.54, 1.807) is 6.92 Å². The molecule has 0 aliphatic heterocycles. The van der Waals surface area contributed by atoms with E-state index in [0.717, 1.165) is 6.20 Å². The van der Waals surface area contributed by atoms with Gasteiger partial charge in [-0.2, -0.15) is 5.26 Å². The Morgan fingerprint density at radius 3 is 2.38 bits per heavy atom. The van der Waals surface area contributed by atoms with E-state index in [1.807, 2.05) is 6.07 Å². The number of aromatic hydroxyl groups is 1. The molecule has 1 heterocycles. The number of sulfonamides is 1. The van der Waals surface area contributed by atoms with Crippen LogP contribution in [-0.2, 0) is 10.0 Å². The van der Waals surface area contributed by atoms with E-state index in [1.165, 1.54) is 40.7 Å². The number of rotatable bonds is 4. The maximum absolute atomic E-state index is 12.6. The van der Waals surface area contributed by atoms with Crippen LogP contribution < -0.4 is 4.31 Å². The van der Waals surface area contributed by atoms with Gasteiger partial charge in [0.2, 0.25) is 0 Å². The van der Waals surface area contributed by atoms with Crippen LogP contribution in [0.2, 0.25) is 0 Å². The molecule has 6 nitrogen and oxygen atoms in total. The number of hydrogen-bond acceptors (Lipinski definition) is 5. The molecule has 21 heavy (non-hydrogen) atoms. The minimum absolute atomic E-state index is 0.0106. The number of nitrogens with zero attached hydrogens (tertiary/aromatic N) is 3. The number of pyridine rings is 1. The van der Waals surface area contributed by atoms with Gasteiger partial charge in [0.1, 0.15) is 22.4 Å². The van der Waals surface area contributed by atoms with Crippen molar-refractivity contribution in [3.05, 3.63) is 48.3 Å². The maximum Gasteiger partial charge on any atom is 0.265 e. The molecule has 1 N–H and O–H groups in total. The molecule has 0 unspecified atom stereocenters. The van der Waals surface area contributed by atoms with Gasteiger partial charge in [-0.15, -0.1) is 0 Å². The zero-order valence-electron chi connectivity index (χ0n) is 11.3. The van der Waals surface area contributed by atoms with Crippen LogP contribution in [0.15, 0.2) is 47.5 Å². The summed E-state index contributed by atoms with van der Waals surface area (Å²) in [6.07, 6.45) is 1.16. The van der Waals surface area contributed by atoms with Gasteiger partial charge in [-0.05, 0) is 43.3 Å². The van der Waals surface area contributed by atoms with Crippen LogP contribution in [0.4, 0.5) is 5.69 Å². The Kier molecular flexibility index (Phi) is 4.10. The van der Waals surface area contributed by atoms with Gasteiger partial charge in [-0.25, -0.2) is 13.4 Å². The summed E-state index contributed by atoms with van der Waals surface area (Å²) in [5, 5.41) is 18.0. The third-order valence-corrected chi connectivity index (χ3v) is 4.75. The van der Waals surface area contributed by atoms with Crippen molar-refractivity contribution >= 4 is 15.7 Å². The molecule has 0 amide bonds. The van der Waals surface area contributed by atoms with Crippen molar-refractivity contribution in [3.8, 4) is 11.8 Å². The summed E-state index contributed by atoms with van der Waals surface area (Å²) in [7, 11) is -3.76. The highest BCUT2D eigenvalue weighted by atomic mass is 32.2. The summed E-state index contributed by atoms with van der Waals surface area (Å²) in [4.78, 5) is 3.79. The molecule has 2 aromatic rings. The number of phenols is 1. The summed E-state index contributed by atoms with van der Waals surface area (Å²) < 4.78 is 26.4. The zero-order valence-corrected chi connectivity index (χ0v) is 12.1. The molecule has 0 atom stereocenters. The van der Waals surface area contributed by atoms with Gasteiger partial charge >= 0.3 is 0 Å². The van der Waals surface area contributed by atoms with Crippen molar-refractivity contribution in [1.82, 2.24) is 4.98 Å². The molecule has 0 bridgehead atoms. The van der Waals surface area contributed by atoms with Crippen molar-refractivity contribution in [3.63, 3.8) is 0 Å². The van der Waals surface area contributed by atoms with Gasteiger partial charge in [-0.3, -0.25) is 4.31 Å². The van der Waals surface area contributed by atoms with Crippen LogP contribution in [0.5, 0.6) is 5.75 Å². The van der Waals surface area contributed by atoms with Crippen molar-refractivity contribution in [2.24, 2.45) is 0 Å². The number of hydrogen-bond donors (Lipinski definition) is 1. The topological polar surface area (TPSA) is 94.3 Å². The number of phenolic OH excluding ortho intramolecular Hbond substituents is 1. The third kappa shape index (κ3) is 2.95. The van der Waals surface area contributed by atoms with E-state index in [-0.39, 0.29) is 22.9 Å². The molecule has 0 radical (unpaired) electrons. The first kappa shape index (κ1) is 14.8. The van der Waals surface area contributed by atoms with Crippen LogP contribution in [0.1, 0.15) is 12.6 Å². The molecular weight excluding hydrogens is 290 g/mol. The first-order valence-electron chi connectivity index (χ1n) is 6.17. The molecule has 0 saturated carbocycles. The monoisotopic (exact) mass is 303 g/mol.